The van der Waals surface area contributed by atoms with Crippen LogP contribution in [0.25, 0.3) is 0 Å². The normalized spacial score (nSPS) is 11.3. The van der Waals surface area contributed by atoms with Gasteiger partial charge in [0.1, 0.15) is 17.1 Å². The van der Waals surface area contributed by atoms with Crippen LogP contribution in [0.5, 0.6) is 5.75 Å². The average Bonchev–Trinajstić information content (AvgIpc) is 2.14. The molecule has 0 fully saturated rings. The topological polar surface area (TPSA) is 46.5 Å². The van der Waals surface area contributed by atoms with E-state index in [2.05, 4.69) is 4.74 Å². The van der Waals surface area contributed by atoms with Gasteiger partial charge in [0.05, 0.1) is 12.7 Å². The molecule has 0 aliphatic heterocycles. The predicted octanol–water partition coefficient (Wildman–Crippen LogP) is 2.55. The second kappa shape index (κ2) is 3.99. The first-order chi connectivity index (χ1) is 7.27. The molecule has 0 heterocycles. The zero-order valence-corrected chi connectivity index (χ0v) is 7.93. The summed E-state index contributed by atoms with van der Waals surface area (Å²) < 4.78 is 54.3. The quantitative estimate of drug-likeness (QED) is 0.805. The molecule has 0 atom stereocenters. The van der Waals surface area contributed by atoms with Crippen LogP contribution < -0.4 is 4.74 Å². The molecule has 0 spiro atoms. The molecule has 1 aromatic carbocycles. The number of carbonyl (C=O) groups is 1. The second-order valence-electron chi connectivity index (χ2n) is 2.84. The minimum Gasteiger partial charge on any atom is -0.496 e. The number of aromatic carboxylic acids is 1. The lowest BCUT2D eigenvalue weighted by Gasteiger charge is -2.11. The molecule has 0 unspecified atom stereocenters. The third-order valence-electron chi connectivity index (χ3n) is 1.82. The fourth-order valence-corrected chi connectivity index (χ4v) is 1.11. The van der Waals surface area contributed by atoms with E-state index in [9.17, 15) is 22.4 Å². The summed E-state index contributed by atoms with van der Waals surface area (Å²) in [6, 6.07) is 0.554. The fraction of sp³-hybridized carbons (Fsp3) is 0.222. The maximum atomic E-state index is 13.1. The molecule has 1 N–H and O–H groups in total. The van der Waals surface area contributed by atoms with Crippen molar-refractivity contribution in [1.29, 1.82) is 0 Å². The molecular formula is C9H6F4O3. The van der Waals surface area contributed by atoms with Crippen LogP contribution in [0, 0.1) is 5.82 Å². The van der Waals surface area contributed by atoms with E-state index in [0.29, 0.717) is 6.07 Å². The Morgan fingerprint density at radius 2 is 1.94 bits per heavy atom. The lowest BCUT2D eigenvalue weighted by Crippen LogP contribution is -2.10. The summed E-state index contributed by atoms with van der Waals surface area (Å²) in [6.45, 7) is 0. The monoisotopic (exact) mass is 238 g/mol. The highest BCUT2D eigenvalue weighted by atomic mass is 19.4. The van der Waals surface area contributed by atoms with Crippen molar-refractivity contribution < 1.29 is 32.2 Å². The van der Waals surface area contributed by atoms with Gasteiger partial charge in [0.2, 0.25) is 0 Å². The van der Waals surface area contributed by atoms with Gasteiger partial charge in [-0.3, -0.25) is 0 Å². The minimum absolute atomic E-state index is 0.117. The zero-order chi connectivity index (χ0) is 12.5. The summed E-state index contributed by atoms with van der Waals surface area (Å²) in [5, 5.41) is 8.57. The van der Waals surface area contributed by atoms with E-state index >= 15 is 0 Å². The van der Waals surface area contributed by atoms with Crippen molar-refractivity contribution >= 4 is 5.97 Å². The number of hydrogen-bond donors (Lipinski definition) is 1. The molecule has 0 aliphatic carbocycles. The van der Waals surface area contributed by atoms with Gasteiger partial charge in [-0.15, -0.1) is 0 Å². The Morgan fingerprint density at radius 1 is 1.38 bits per heavy atom. The largest absolute Gasteiger partial charge is 0.496 e. The highest BCUT2D eigenvalue weighted by Gasteiger charge is 2.33. The van der Waals surface area contributed by atoms with Gasteiger partial charge in [0, 0.05) is 0 Å². The number of alkyl halides is 3. The molecule has 0 aliphatic rings. The SMILES string of the molecule is COc1cc(C(F)(F)F)cc(F)c1C(=O)O. The summed E-state index contributed by atoms with van der Waals surface area (Å²) in [7, 11) is 0.960. The highest BCUT2D eigenvalue weighted by molar-refractivity contribution is 5.91. The number of halogens is 4. The van der Waals surface area contributed by atoms with Crippen molar-refractivity contribution in [3.8, 4) is 5.75 Å². The van der Waals surface area contributed by atoms with Gasteiger partial charge >= 0.3 is 12.1 Å². The van der Waals surface area contributed by atoms with Crippen LogP contribution >= 0.6 is 0 Å². The molecule has 0 bridgehead atoms. The summed E-state index contributed by atoms with van der Waals surface area (Å²) in [5.74, 6) is -3.85. The molecular weight excluding hydrogens is 232 g/mol. The van der Waals surface area contributed by atoms with E-state index < -0.39 is 34.8 Å². The first-order valence-corrected chi connectivity index (χ1v) is 3.95. The molecule has 88 valence electrons. The number of methoxy groups -OCH3 is 1. The Labute approximate surface area is 87.3 Å². The first kappa shape index (κ1) is 12.3. The first-order valence-electron chi connectivity index (χ1n) is 3.95. The third-order valence-corrected chi connectivity index (χ3v) is 1.82. The number of rotatable bonds is 2. The van der Waals surface area contributed by atoms with Crippen LogP contribution in [0.4, 0.5) is 17.6 Å². The molecule has 16 heavy (non-hydrogen) atoms. The molecule has 0 aromatic heterocycles. The van der Waals surface area contributed by atoms with Crippen LogP contribution in [0.2, 0.25) is 0 Å². The van der Waals surface area contributed by atoms with Gasteiger partial charge in [-0.2, -0.15) is 13.2 Å². The van der Waals surface area contributed by atoms with E-state index in [-0.39, 0.29) is 6.07 Å². The van der Waals surface area contributed by atoms with E-state index in [0.717, 1.165) is 7.11 Å². The number of carboxylic acid groups (broad SMARTS) is 1. The van der Waals surface area contributed by atoms with Gasteiger partial charge in [-0.25, -0.2) is 9.18 Å². The van der Waals surface area contributed by atoms with Crippen molar-refractivity contribution in [2.24, 2.45) is 0 Å². The molecule has 7 heteroatoms. The molecule has 0 radical (unpaired) electrons. The minimum atomic E-state index is -4.76. The second-order valence-corrected chi connectivity index (χ2v) is 2.84. The lowest BCUT2D eigenvalue weighted by atomic mass is 10.1. The van der Waals surface area contributed by atoms with E-state index in [4.69, 9.17) is 5.11 Å². The van der Waals surface area contributed by atoms with Crippen LogP contribution in [0.1, 0.15) is 15.9 Å². The molecule has 0 amide bonds. The molecule has 0 saturated heterocycles. The average molecular weight is 238 g/mol. The Bertz CT molecular complexity index is 425. The van der Waals surface area contributed by atoms with Crippen molar-refractivity contribution in [2.45, 2.75) is 6.18 Å². The highest BCUT2D eigenvalue weighted by Crippen LogP contribution is 2.34. The number of carboxylic acids is 1. The van der Waals surface area contributed by atoms with Gasteiger partial charge in [0.15, 0.2) is 0 Å². The standard InChI is InChI=1S/C9H6F4O3/c1-16-6-3-4(9(11,12)13)2-5(10)7(6)8(14)15/h2-3H,1H3,(H,14,15). The van der Waals surface area contributed by atoms with Gasteiger partial charge < -0.3 is 9.84 Å². The summed E-state index contributed by atoms with van der Waals surface area (Å²) >= 11 is 0. The Kier molecular flexibility index (Phi) is 3.06. The fourth-order valence-electron chi connectivity index (χ4n) is 1.11. The van der Waals surface area contributed by atoms with Crippen molar-refractivity contribution in [3.63, 3.8) is 0 Å². The summed E-state index contributed by atoms with van der Waals surface area (Å²) in [6.07, 6.45) is -4.76. The Hall–Kier alpha value is -1.79. The Morgan fingerprint density at radius 3 is 2.31 bits per heavy atom. The van der Waals surface area contributed by atoms with Crippen molar-refractivity contribution in [2.75, 3.05) is 7.11 Å². The van der Waals surface area contributed by atoms with E-state index in [1.807, 2.05) is 0 Å². The number of hydrogen-bond acceptors (Lipinski definition) is 2. The number of ether oxygens (including phenoxy) is 1. The van der Waals surface area contributed by atoms with Gasteiger partial charge in [-0.1, -0.05) is 0 Å². The molecule has 0 saturated carbocycles. The van der Waals surface area contributed by atoms with Crippen LogP contribution in [-0.2, 0) is 6.18 Å². The summed E-state index contributed by atoms with van der Waals surface area (Å²) in [5.41, 5.74) is -2.22. The van der Waals surface area contributed by atoms with E-state index in [1.54, 1.807) is 0 Å². The molecule has 1 rings (SSSR count). The van der Waals surface area contributed by atoms with Crippen LogP contribution in [0.15, 0.2) is 12.1 Å². The van der Waals surface area contributed by atoms with Gasteiger partial charge in [0.25, 0.3) is 0 Å². The Balaban J connectivity index is 3.44. The summed E-state index contributed by atoms with van der Waals surface area (Å²) in [4.78, 5) is 10.6. The number of benzene rings is 1. The van der Waals surface area contributed by atoms with Crippen LogP contribution in [0.3, 0.4) is 0 Å². The molecule has 3 nitrogen and oxygen atoms in total. The smallest absolute Gasteiger partial charge is 0.416 e. The maximum absolute atomic E-state index is 13.1. The van der Waals surface area contributed by atoms with Crippen molar-refractivity contribution in [3.05, 3.63) is 29.1 Å². The maximum Gasteiger partial charge on any atom is 0.416 e. The predicted molar refractivity (Wildman–Crippen MR) is 44.9 cm³/mol. The van der Waals surface area contributed by atoms with E-state index in [1.165, 1.54) is 0 Å². The lowest BCUT2D eigenvalue weighted by molar-refractivity contribution is -0.137. The van der Waals surface area contributed by atoms with Crippen molar-refractivity contribution in [1.82, 2.24) is 0 Å². The zero-order valence-electron chi connectivity index (χ0n) is 7.93. The molecule has 1 aromatic rings. The van der Waals surface area contributed by atoms with Crippen LogP contribution in [-0.4, -0.2) is 18.2 Å². The van der Waals surface area contributed by atoms with Gasteiger partial charge in [-0.05, 0) is 12.1 Å². The third kappa shape index (κ3) is 2.23.